The van der Waals surface area contributed by atoms with Gasteiger partial charge in [-0.05, 0) is 55.2 Å². The molecule has 32 heavy (non-hydrogen) atoms. The molecule has 7 heteroatoms. The summed E-state index contributed by atoms with van der Waals surface area (Å²) in [6.45, 7) is 7.14. The van der Waals surface area contributed by atoms with Crippen LogP contribution in [0.5, 0.6) is 0 Å². The standard InChI is InChI=1S/C25H27FN4OS/c1-4-6-14-30-16(3)21(22(27-25(30)32)18-12-10-17(5-2)11-13-18)24-28-23(29-31-24)19-8-7-9-20(26)15-19/h7-13,15,22H,4-6,14H2,1-3H3,(H,27,32). The summed E-state index contributed by atoms with van der Waals surface area (Å²) in [6, 6.07) is 14.5. The van der Waals surface area contributed by atoms with Crippen LogP contribution in [0.4, 0.5) is 4.39 Å². The maximum absolute atomic E-state index is 13.7. The van der Waals surface area contributed by atoms with Crippen molar-refractivity contribution in [2.45, 2.75) is 46.1 Å². The van der Waals surface area contributed by atoms with E-state index in [1.165, 1.54) is 17.7 Å². The maximum Gasteiger partial charge on any atom is 0.258 e. The first-order valence-corrected chi connectivity index (χ1v) is 11.4. The number of aryl methyl sites for hydroxylation is 1. The van der Waals surface area contributed by atoms with Gasteiger partial charge in [0, 0.05) is 17.8 Å². The average Bonchev–Trinajstić information content (AvgIpc) is 3.28. The summed E-state index contributed by atoms with van der Waals surface area (Å²) in [5, 5.41) is 8.30. The van der Waals surface area contributed by atoms with E-state index in [1.54, 1.807) is 12.1 Å². The van der Waals surface area contributed by atoms with Crippen molar-refractivity contribution in [3.8, 4) is 11.4 Å². The zero-order valence-electron chi connectivity index (χ0n) is 18.6. The van der Waals surface area contributed by atoms with Gasteiger partial charge in [0.15, 0.2) is 5.11 Å². The van der Waals surface area contributed by atoms with Gasteiger partial charge in [0.2, 0.25) is 5.82 Å². The monoisotopic (exact) mass is 450 g/mol. The number of thiocarbonyl (C=S) groups is 1. The molecule has 4 rings (SSSR count). The van der Waals surface area contributed by atoms with E-state index in [9.17, 15) is 4.39 Å². The molecule has 2 heterocycles. The molecule has 1 N–H and O–H groups in total. The Morgan fingerprint density at radius 3 is 2.62 bits per heavy atom. The van der Waals surface area contributed by atoms with E-state index >= 15 is 0 Å². The summed E-state index contributed by atoms with van der Waals surface area (Å²) < 4.78 is 19.4. The van der Waals surface area contributed by atoms with Crippen LogP contribution >= 0.6 is 12.2 Å². The Morgan fingerprint density at radius 2 is 1.94 bits per heavy atom. The van der Waals surface area contributed by atoms with Crippen LogP contribution in [0.25, 0.3) is 17.0 Å². The number of unbranched alkanes of at least 4 members (excludes halogenated alkanes) is 1. The van der Waals surface area contributed by atoms with Crippen LogP contribution in [-0.2, 0) is 6.42 Å². The fourth-order valence-corrected chi connectivity index (χ4v) is 4.26. The second kappa shape index (κ2) is 9.61. The smallest absolute Gasteiger partial charge is 0.258 e. The average molecular weight is 451 g/mol. The van der Waals surface area contributed by atoms with E-state index in [2.05, 4.69) is 58.5 Å². The van der Waals surface area contributed by atoms with Crippen LogP contribution in [0.2, 0.25) is 0 Å². The van der Waals surface area contributed by atoms with Gasteiger partial charge in [0.05, 0.1) is 11.6 Å². The molecule has 0 spiro atoms. The number of hydrogen-bond donors (Lipinski definition) is 1. The second-order valence-corrected chi connectivity index (χ2v) is 8.30. The predicted octanol–water partition coefficient (Wildman–Crippen LogP) is 5.90. The molecule has 0 amide bonds. The molecule has 1 aromatic heterocycles. The molecule has 1 aliphatic heterocycles. The molecule has 3 aromatic rings. The Kier molecular flexibility index (Phi) is 6.65. The highest BCUT2D eigenvalue weighted by molar-refractivity contribution is 7.80. The molecule has 5 nitrogen and oxygen atoms in total. The van der Waals surface area contributed by atoms with Crippen LogP contribution in [0.15, 0.2) is 58.8 Å². The summed E-state index contributed by atoms with van der Waals surface area (Å²) in [6.07, 6.45) is 3.05. The van der Waals surface area contributed by atoms with E-state index in [0.717, 1.165) is 42.6 Å². The number of nitrogens with one attached hydrogen (secondary N) is 1. The van der Waals surface area contributed by atoms with Crippen molar-refractivity contribution in [1.29, 1.82) is 0 Å². The Balaban J connectivity index is 1.79. The lowest BCUT2D eigenvalue weighted by Gasteiger charge is -2.37. The Hall–Kier alpha value is -3.06. The third-order valence-corrected chi connectivity index (χ3v) is 6.13. The molecular formula is C25H27FN4OS. The topological polar surface area (TPSA) is 54.2 Å². The van der Waals surface area contributed by atoms with Gasteiger partial charge in [-0.3, -0.25) is 0 Å². The molecule has 2 aromatic carbocycles. The van der Waals surface area contributed by atoms with Crippen LogP contribution in [-0.4, -0.2) is 26.7 Å². The van der Waals surface area contributed by atoms with Gasteiger partial charge < -0.3 is 14.7 Å². The Bertz CT molecular complexity index is 1140. The molecule has 0 fully saturated rings. The molecule has 0 bridgehead atoms. The summed E-state index contributed by atoms with van der Waals surface area (Å²) in [5.74, 6) is 0.421. The van der Waals surface area contributed by atoms with Crippen LogP contribution < -0.4 is 5.32 Å². The van der Waals surface area contributed by atoms with Crippen molar-refractivity contribution in [1.82, 2.24) is 20.4 Å². The van der Waals surface area contributed by atoms with Crippen molar-refractivity contribution in [2.24, 2.45) is 0 Å². The highest BCUT2D eigenvalue weighted by atomic mass is 32.1. The van der Waals surface area contributed by atoms with Gasteiger partial charge in [0.25, 0.3) is 5.89 Å². The van der Waals surface area contributed by atoms with E-state index in [0.29, 0.717) is 22.4 Å². The van der Waals surface area contributed by atoms with Gasteiger partial charge in [-0.25, -0.2) is 4.39 Å². The minimum absolute atomic E-state index is 0.216. The number of allylic oxidation sites excluding steroid dienone is 1. The van der Waals surface area contributed by atoms with Gasteiger partial charge in [-0.1, -0.05) is 61.8 Å². The summed E-state index contributed by atoms with van der Waals surface area (Å²) in [5.41, 5.74) is 4.78. The second-order valence-electron chi connectivity index (χ2n) is 7.92. The number of hydrogen-bond acceptors (Lipinski definition) is 4. The normalized spacial score (nSPS) is 16.4. The molecule has 0 saturated carbocycles. The number of benzene rings is 2. The molecule has 1 aliphatic rings. The first-order chi connectivity index (χ1) is 15.5. The van der Waals surface area contributed by atoms with Crippen LogP contribution in [0.3, 0.4) is 0 Å². The van der Waals surface area contributed by atoms with Crippen molar-refractivity contribution < 1.29 is 8.91 Å². The van der Waals surface area contributed by atoms with E-state index in [1.807, 2.05) is 6.92 Å². The number of halogens is 1. The first kappa shape index (κ1) is 22.1. The van der Waals surface area contributed by atoms with Gasteiger partial charge in [-0.2, -0.15) is 4.98 Å². The third-order valence-electron chi connectivity index (χ3n) is 5.79. The quantitative estimate of drug-likeness (QED) is 0.452. The molecule has 1 atom stereocenters. The molecule has 166 valence electrons. The summed E-state index contributed by atoms with van der Waals surface area (Å²) in [7, 11) is 0. The van der Waals surface area contributed by atoms with E-state index < -0.39 is 0 Å². The van der Waals surface area contributed by atoms with Gasteiger partial charge in [0.1, 0.15) is 5.82 Å². The van der Waals surface area contributed by atoms with Crippen molar-refractivity contribution in [3.63, 3.8) is 0 Å². The zero-order chi connectivity index (χ0) is 22.7. The fraction of sp³-hybridized carbons (Fsp3) is 0.320. The minimum Gasteiger partial charge on any atom is -0.351 e. The largest absolute Gasteiger partial charge is 0.351 e. The van der Waals surface area contributed by atoms with Crippen LogP contribution in [0, 0.1) is 5.82 Å². The molecule has 0 saturated heterocycles. The number of rotatable bonds is 7. The lowest BCUT2D eigenvalue weighted by atomic mass is 9.93. The summed E-state index contributed by atoms with van der Waals surface area (Å²) >= 11 is 5.71. The predicted molar refractivity (Wildman–Crippen MR) is 128 cm³/mol. The van der Waals surface area contributed by atoms with E-state index in [4.69, 9.17) is 16.7 Å². The van der Waals surface area contributed by atoms with Crippen molar-refractivity contribution >= 4 is 22.9 Å². The molecule has 0 radical (unpaired) electrons. The fourth-order valence-electron chi connectivity index (χ4n) is 3.92. The minimum atomic E-state index is -0.339. The summed E-state index contributed by atoms with van der Waals surface area (Å²) in [4.78, 5) is 6.73. The van der Waals surface area contributed by atoms with Gasteiger partial charge in [-0.15, -0.1) is 0 Å². The SMILES string of the molecule is CCCCN1C(=S)NC(c2ccc(CC)cc2)C(c2nc(-c3cccc(F)c3)no2)=C1C. The number of aromatic nitrogens is 2. The maximum atomic E-state index is 13.7. The van der Waals surface area contributed by atoms with Crippen molar-refractivity contribution in [2.75, 3.05) is 6.54 Å². The molecular weight excluding hydrogens is 423 g/mol. The highest BCUT2D eigenvalue weighted by Gasteiger charge is 2.33. The van der Waals surface area contributed by atoms with Gasteiger partial charge >= 0.3 is 0 Å². The van der Waals surface area contributed by atoms with E-state index in [-0.39, 0.29) is 11.9 Å². The Labute approximate surface area is 193 Å². The molecule has 0 aliphatic carbocycles. The lowest BCUT2D eigenvalue weighted by molar-refractivity contribution is 0.395. The Morgan fingerprint density at radius 1 is 1.16 bits per heavy atom. The lowest BCUT2D eigenvalue weighted by Crippen LogP contribution is -2.46. The molecule has 1 unspecified atom stereocenters. The number of nitrogens with zero attached hydrogens (tertiary/aromatic N) is 3. The van der Waals surface area contributed by atoms with Crippen LogP contribution in [0.1, 0.15) is 56.7 Å². The highest BCUT2D eigenvalue weighted by Crippen LogP contribution is 2.37. The first-order valence-electron chi connectivity index (χ1n) is 11.0. The van der Waals surface area contributed by atoms with Crippen molar-refractivity contribution in [3.05, 3.63) is 77.1 Å². The third kappa shape index (κ3) is 4.43. The zero-order valence-corrected chi connectivity index (χ0v) is 19.4.